The first-order chi connectivity index (χ1) is 15.1. The van der Waals surface area contributed by atoms with Gasteiger partial charge in [0, 0.05) is 18.3 Å². The normalized spacial score (nSPS) is 11.2. The minimum atomic E-state index is -4.73. The summed E-state index contributed by atoms with van der Waals surface area (Å²) in [7, 11) is 1.35. The van der Waals surface area contributed by atoms with Crippen LogP contribution in [0.4, 0.5) is 28.9 Å². The van der Waals surface area contributed by atoms with Gasteiger partial charge in [-0.2, -0.15) is 13.2 Å². The average Bonchev–Trinajstić information content (AvgIpc) is 2.74. The van der Waals surface area contributed by atoms with E-state index in [9.17, 15) is 27.7 Å². The van der Waals surface area contributed by atoms with E-state index in [1.807, 2.05) is 0 Å². The Morgan fingerprint density at radius 1 is 1.03 bits per heavy atom. The summed E-state index contributed by atoms with van der Waals surface area (Å²) in [6.07, 6.45) is -4.73. The zero-order valence-corrected chi connectivity index (χ0v) is 17.1. The lowest BCUT2D eigenvalue weighted by Crippen LogP contribution is -2.06. The first kappa shape index (κ1) is 23.1. The molecule has 0 heterocycles. The fourth-order valence-electron chi connectivity index (χ4n) is 2.76. The van der Waals surface area contributed by atoms with Gasteiger partial charge in [-0.3, -0.25) is 10.1 Å². The van der Waals surface area contributed by atoms with Crippen molar-refractivity contribution in [3.8, 4) is 17.2 Å². The molecule has 0 fully saturated rings. The van der Waals surface area contributed by atoms with Gasteiger partial charge in [0.15, 0.2) is 11.5 Å². The summed E-state index contributed by atoms with van der Waals surface area (Å²) >= 11 is 5.75. The summed E-state index contributed by atoms with van der Waals surface area (Å²) in [6, 6.07) is 10.8. The Balaban J connectivity index is 1.82. The first-order valence-electron chi connectivity index (χ1n) is 8.98. The van der Waals surface area contributed by atoms with Gasteiger partial charge in [-0.25, -0.2) is 4.39 Å². The van der Waals surface area contributed by atoms with Crippen molar-refractivity contribution >= 4 is 23.0 Å². The van der Waals surface area contributed by atoms with Crippen LogP contribution in [-0.4, -0.2) is 12.0 Å². The van der Waals surface area contributed by atoms with E-state index in [2.05, 4.69) is 5.32 Å². The maximum absolute atomic E-state index is 13.3. The Morgan fingerprint density at radius 2 is 1.75 bits per heavy atom. The molecule has 1 N–H and O–H groups in total. The highest BCUT2D eigenvalue weighted by atomic mass is 35.5. The Kier molecular flexibility index (Phi) is 6.73. The Morgan fingerprint density at radius 3 is 2.38 bits per heavy atom. The summed E-state index contributed by atoms with van der Waals surface area (Å²) in [5.74, 6) is -0.634. The van der Waals surface area contributed by atoms with Crippen molar-refractivity contribution in [2.45, 2.75) is 12.7 Å². The van der Waals surface area contributed by atoms with Crippen molar-refractivity contribution in [1.82, 2.24) is 0 Å². The maximum Gasteiger partial charge on any atom is 0.416 e. The molecule has 3 aromatic carbocycles. The smallest absolute Gasteiger partial charge is 0.416 e. The van der Waals surface area contributed by atoms with Gasteiger partial charge in [0.25, 0.3) is 0 Å². The number of ether oxygens (including phenoxy) is 2. The molecule has 0 aliphatic heterocycles. The summed E-state index contributed by atoms with van der Waals surface area (Å²) in [4.78, 5) is 10.3. The molecule has 32 heavy (non-hydrogen) atoms. The number of anilines is 1. The number of alkyl halides is 3. The SMILES string of the molecule is COc1cc(CNc2ccc(F)c(Cl)c2)ccc1Oc1ccc(C(F)(F)F)cc1[N+](=O)[O-]. The van der Waals surface area contributed by atoms with E-state index < -0.39 is 28.2 Å². The molecule has 0 aliphatic carbocycles. The van der Waals surface area contributed by atoms with Gasteiger partial charge < -0.3 is 14.8 Å². The summed E-state index contributed by atoms with van der Waals surface area (Å²) in [5.41, 5.74) is -0.695. The zero-order chi connectivity index (χ0) is 23.5. The molecule has 0 unspecified atom stereocenters. The topological polar surface area (TPSA) is 73.6 Å². The molecule has 11 heteroatoms. The lowest BCUT2D eigenvalue weighted by Gasteiger charge is -2.14. The minimum Gasteiger partial charge on any atom is -0.493 e. The highest BCUT2D eigenvalue weighted by Crippen LogP contribution is 2.40. The van der Waals surface area contributed by atoms with Crippen molar-refractivity contribution in [3.63, 3.8) is 0 Å². The Labute approximate surface area is 184 Å². The lowest BCUT2D eigenvalue weighted by molar-refractivity contribution is -0.385. The third-order valence-electron chi connectivity index (χ3n) is 4.35. The van der Waals surface area contributed by atoms with Crippen molar-refractivity contribution < 1.29 is 32.0 Å². The zero-order valence-electron chi connectivity index (χ0n) is 16.4. The molecule has 0 amide bonds. The van der Waals surface area contributed by atoms with E-state index >= 15 is 0 Å². The van der Waals surface area contributed by atoms with E-state index in [0.29, 0.717) is 24.4 Å². The second kappa shape index (κ2) is 9.31. The standard InChI is InChI=1S/C21H15ClF4N2O4/c1-31-20-8-12(11-27-14-4-5-16(23)15(22)10-14)2-6-19(20)32-18-7-3-13(21(24,25)26)9-17(18)28(29)30/h2-10,27H,11H2,1H3. The van der Waals surface area contributed by atoms with Crippen LogP contribution in [0.2, 0.25) is 5.02 Å². The molecule has 3 rings (SSSR count). The highest BCUT2D eigenvalue weighted by Gasteiger charge is 2.33. The Hall–Kier alpha value is -3.53. The average molecular weight is 471 g/mol. The number of methoxy groups -OCH3 is 1. The molecule has 0 atom stereocenters. The van der Waals surface area contributed by atoms with Gasteiger partial charge in [-0.05, 0) is 48.0 Å². The molecule has 0 bridgehead atoms. The number of benzene rings is 3. The predicted molar refractivity (Wildman–Crippen MR) is 110 cm³/mol. The summed E-state index contributed by atoms with van der Waals surface area (Å²) in [5, 5.41) is 14.3. The summed E-state index contributed by atoms with van der Waals surface area (Å²) in [6.45, 7) is 0.305. The van der Waals surface area contributed by atoms with Crippen LogP contribution in [0.5, 0.6) is 17.2 Å². The molecule has 0 aromatic heterocycles. The van der Waals surface area contributed by atoms with Crippen LogP contribution in [-0.2, 0) is 12.7 Å². The van der Waals surface area contributed by atoms with Crippen LogP contribution in [0.3, 0.4) is 0 Å². The van der Waals surface area contributed by atoms with Gasteiger partial charge in [-0.15, -0.1) is 0 Å². The van der Waals surface area contributed by atoms with E-state index in [4.69, 9.17) is 21.1 Å². The number of nitrogens with one attached hydrogen (secondary N) is 1. The van der Waals surface area contributed by atoms with E-state index in [1.54, 1.807) is 12.1 Å². The van der Waals surface area contributed by atoms with Gasteiger partial charge >= 0.3 is 11.9 Å². The largest absolute Gasteiger partial charge is 0.493 e. The van der Waals surface area contributed by atoms with Crippen molar-refractivity contribution in [2.75, 3.05) is 12.4 Å². The number of nitrogens with zero attached hydrogens (tertiary/aromatic N) is 1. The number of hydrogen-bond acceptors (Lipinski definition) is 5. The van der Waals surface area contributed by atoms with Gasteiger partial charge in [0.2, 0.25) is 5.75 Å². The van der Waals surface area contributed by atoms with Crippen LogP contribution in [0, 0.1) is 15.9 Å². The van der Waals surface area contributed by atoms with Gasteiger partial charge in [0.1, 0.15) is 5.82 Å². The molecular weight excluding hydrogens is 456 g/mol. The fraction of sp³-hybridized carbons (Fsp3) is 0.143. The van der Waals surface area contributed by atoms with E-state index in [-0.39, 0.29) is 22.3 Å². The van der Waals surface area contributed by atoms with Gasteiger partial charge in [-0.1, -0.05) is 17.7 Å². The second-order valence-corrected chi connectivity index (χ2v) is 6.91. The van der Waals surface area contributed by atoms with Crippen molar-refractivity contribution in [3.05, 3.63) is 86.7 Å². The molecule has 6 nitrogen and oxygen atoms in total. The van der Waals surface area contributed by atoms with Crippen molar-refractivity contribution in [1.29, 1.82) is 0 Å². The van der Waals surface area contributed by atoms with E-state index in [1.165, 1.54) is 31.4 Å². The number of rotatable bonds is 7. The Bertz CT molecular complexity index is 1160. The monoisotopic (exact) mass is 470 g/mol. The quantitative estimate of drug-likeness (QED) is 0.233. The van der Waals surface area contributed by atoms with Crippen LogP contribution in [0.15, 0.2) is 54.6 Å². The fourth-order valence-corrected chi connectivity index (χ4v) is 2.94. The highest BCUT2D eigenvalue weighted by molar-refractivity contribution is 6.31. The molecule has 168 valence electrons. The molecule has 0 saturated heterocycles. The van der Waals surface area contributed by atoms with Crippen molar-refractivity contribution in [2.24, 2.45) is 0 Å². The number of nitro groups is 1. The number of halogens is 5. The first-order valence-corrected chi connectivity index (χ1v) is 9.35. The molecule has 0 aliphatic rings. The molecule has 3 aromatic rings. The van der Waals surface area contributed by atoms with Crippen LogP contribution in [0.1, 0.15) is 11.1 Å². The van der Waals surface area contributed by atoms with Crippen LogP contribution < -0.4 is 14.8 Å². The minimum absolute atomic E-state index is 0.0329. The lowest BCUT2D eigenvalue weighted by atomic mass is 10.1. The third kappa shape index (κ3) is 5.38. The van der Waals surface area contributed by atoms with Gasteiger partial charge in [0.05, 0.1) is 22.6 Å². The van der Waals surface area contributed by atoms with Crippen LogP contribution in [0.25, 0.3) is 0 Å². The third-order valence-corrected chi connectivity index (χ3v) is 4.64. The molecule has 0 saturated carbocycles. The second-order valence-electron chi connectivity index (χ2n) is 6.51. The van der Waals surface area contributed by atoms with Crippen LogP contribution >= 0.6 is 11.6 Å². The van der Waals surface area contributed by atoms with E-state index in [0.717, 1.165) is 11.6 Å². The molecular formula is C21H15ClF4N2O4. The maximum atomic E-state index is 13.3. The predicted octanol–water partition coefficient (Wildman–Crippen LogP) is 6.82. The number of hydrogen-bond donors (Lipinski definition) is 1. The molecule has 0 radical (unpaired) electrons. The molecule has 0 spiro atoms. The number of nitro benzene ring substituents is 1. The summed E-state index contributed by atoms with van der Waals surface area (Å²) < 4.78 is 62.6.